The van der Waals surface area contributed by atoms with Crippen molar-refractivity contribution in [1.29, 1.82) is 0 Å². The monoisotopic (exact) mass is 318 g/mol. The number of hydrogen-bond acceptors (Lipinski definition) is 4. The molecular formula is C16H18N2O5. The van der Waals surface area contributed by atoms with Crippen LogP contribution in [0.3, 0.4) is 0 Å². The van der Waals surface area contributed by atoms with Crippen molar-refractivity contribution < 1.29 is 24.3 Å². The minimum absolute atomic E-state index is 0.0437. The number of nitrogens with zero attached hydrogens (tertiary/aromatic N) is 1. The fraction of sp³-hybridized carbons (Fsp3) is 0.375. The van der Waals surface area contributed by atoms with Gasteiger partial charge in [0.05, 0.1) is 18.4 Å². The molecule has 7 nitrogen and oxygen atoms in total. The third kappa shape index (κ3) is 3.74. The molecule has 0 spiro atoms. The van der Waals surface area contributed by atoms with E-state index in [1.165, 1.54) is 12.1 Å². The molecule has 1 aromatic carbocycles. The molecule has 0 bridgehead atoms. The van der Waals surface area contributed by atoms with Crippen LogP contribution in [0.2, 0.25) is 0 Å². The van der Waals surface area contributed by atoms with Crippen LogP contribution in [0.1, 0.15) is 36.2 Å². The van der Waals surface area contributed by atoms with Gasteiger partial charge in [-0.1, -0.05) is 12.1 Å². The van der Waals surface area contributed by atoms with E-state index in [1.807, 2.05) is 0 Å². The number of benzene rings is 1. The predicted octanol–water partition coefficient (Wildman–Crippen LogP) is 0.579. The Hall–Kier alpha value is -2.70. The largest absolute Gasteiger partial charge is 0.478 e. The van der Waals surface area contributed by atoms with E-state index in [9.17, 15) is 19.2 Å². The molecule has 0 aliphatic carbocycles. The van der Waals surface area contributed by atoms with Gasteiger partial charge < -0.3 is 10.4 Å². The number of carboxylic acids is 1. The Labute approximate surface area is 133 Å². The maximum atomic E-state index is 12.1. The van der Waals surface area contributed by atoms with Gasteiger partial charge >= 0.3 is 5.97 Å². The lowest BCUT2D eigenvalue weighted by Gasteiger charge is -2.19. The Morgan fingerprint density at radius 3 is 2.61 bits per heavy atom. The summed E-state index contributed by atoms with van der Waals surface area (Å²) in [5.41, 5.74) is 0.619. The lowest BCUT2D eigenvalue weighted by atomic mass is 10.1. The molecule has 1 unspecified atom stereocenters. The second-order valence-corrected chi connectivity index (χ2v) is 5.70. The average Bonchev–Trinajstić information content (AvgIpc) is 2.73. The number of carboxylic acid groups (broad SMARTS) is 1. The lowest BCUT2D eigenvalue weighted by Crippen LogP contribution is -2.44. The molecule has 23 heavy (non-hydrogen) atoms. The third-order valence-corrected chi connectivity index (χ3v) is 3.57. The van der Waals surface area contributed by atoms with Gasteiger partial charge in [0, 0.05) is 6.04 Å². The van der Waals surface area contributed by atoms with E-state index in [-0.39, 0.29) is 30.4 Å². The highest BCUT2D eigenvalue weighted by atomic mass is 16.4. The van der Waals surface area contributed by atoms with Crippen LogP contribution in [0.4, 0.5) is 0 Å². The van der Waals surface area contributed by atoms with Gasteiger partial charge in [0.25, 0.3) is 5.91 Å². The summed E-state index contributed by atoms with van der Waals surface area (Å²) in [5, 5.41) is 11.5. The summed E-state index contributed by atoms with van der Waals surface area (Å²) >= 11 is 0. The Morgan fingerprint density at radius 2 is 2.04 bits per heavy atom. The Balaban J connectivity index is 2.01. The summed E-state index contributed by atoms with van der Waals surface area (Å²) in [6.45, 7) is 3.47. The van der Waals surface area contributed by atoms with Crippen LogP contribution in [0.5, 0.6) is 0 Å². The number of hydrogen-bond donors (Lipinski definition) is 2. The molecule has 1 aromatic rings. The fourth-order valence-corrected chi connectivity index (χ4v) is 2.55. The quantitative estimate of drug-likeness (QED) is 0.773. The second-order valence-electron chi connectivity index (χ2n) is 5.70. The highest BCUT2D eigenvalue weighted by Gasteiger charge is 2.40. The molecule has 1 aliphatic heterocycles. The zero-order chi connectivity index (χ0) is 17.1. The van der Waals surface area contributed by atoms with Crippen molar-refractivity contribution in [3.63, 3.8) is 0 Å². The summed E-state index contributed by atoms with van der Waals surface area (Å²) in [5.74, 6) is -2.21. The van der Waals surface area contributed by atoms with E-state index in [1.54, 1.807) is 26.0 Å². The van der Waals surface area contributed by atoms with Gasteiger partial charge in [0.2, 0.25) is 11.8 Å². The number of carbonyl (C=O) groups is 4. The molecule has 0 saturated carbocycles. The summed E-state index contributed by atoms with van der Waals surface area (Å²) in [7, 11) is 0. The molecule has 2 N–H and O–H groups in total. The molecule has 3 amide bonds. The first-order valence-electron chi connectivity index (χ1n) is 7.27. The van der Waals surface area contributed by atoms with Crippen molar-refractivity contribution >= 4 is 23.7 Å². The molecule has 122 valence electrons. The number of likely N-dealkylation sites (tertiary alicyclic amines) is 1. The lowest BCUT2D eigenvalue weighted by molar-refractivity contribution is -0.141. The minimum Gasteiger partial charge on any atom is -0.478 e. The number of amides is 3. The topological polar surface area (TPSA) is 104 Å². The number of imide groups is 1. The van der Waals surface area contributed by atoms with Gasteiger partial charge in [0.1, 0.15) is 6.04 Å². The highest BCUT2D eigenvalue weighted by Crippen LogP contribution is 2.16. The molecule has 1 heterocycles. The smallest absolute Gasteiger partial charge is 0.335 e. The van der Waals surface area contributed by atoms with Crippen LogP contribution in [-0.2, 0) is 20.8 Å². The van der Waals surface area contributed by atoms with Gasteiger partial charge in [-0.25, -0.2) is 4.79 Å². The summed E-state index contributed by atoms with van der Waals surface area (Å²) in [4.78, 5) is 48.0. The van der Waals surface area contributed by atoms with Gasteiger partial charge in [0.15, 0.2) is 0 Å². The summed E-state index contributed by atoms with van der Waals surface area (Å²) in [6.07, 6.45) is -0.0985. The van der Waals surface area contributed by atoms with Gasteiger partial charge in [-0.15, -0.1) is 0 Å². The highest BCUT2D eigenvalue weighted by molar-refractivity contribution is 6.07. The van der Waals surface area contributed by atoms with Crippen LogP contribution in [-0.4, -0.2) is 45.8 Å². The minimum atomic E-state index is -1.07. The normalized spacial score (nSPS) is 17.7. The van der Waals surface area contributed by atoms with E-state index in [4.69, 9.17) is 5.11 Å². The maximum Gasteiger partial charge on any atom is 0.335 e. The predicted molar refractivity (Wildman–Crippen MR) is 80.6 cm³/mol. The second kappa shape index (κ2) is 6.60. The van der Waals surface area contributed by atoms with Gasteiger partial charge in [-0.05, 0) is 31.5 Å². The van der Waals surface area contributed by atoms with Gasteiger partial charge in [-0.2, -0.15) is 0 Å². The molecular weight excluding hydrogens is 300 g/mol. The first kappa shape index (κ1) is 16.7. The van der Waals surface area contributed by atoms with Crippen molar-refractivity contribution in [2.24, 2.45) is 0 Å². The first-order chi connectivity index (χ1) is 10.8. The van der Waals surface area contributed by atoms with E-state index in [2.05, 4.69) is 5.32 Å². The SMILES string of the molecule is CC(C)N1C(=O)CC(NC(=O)Cc2cccc(C(=O)O)c2)C1=O. The molecule has 1 saturated heterocycles. The Kier molecular flexibility index (Phi) is 4.78. The van der Waals surface area contributed by atoms with Crippen molar-refractivity contribution in [1.82, 2.24) is 10.2 Å². The zero-order valence-corrected chi connectivity index (χ0v) is 12.9. The first-order valence-corrected chi connectivity index (χ1v) is 7.27. The molecule has 0 aromatic heterocycles. The molecule has 1 fully saturated rings. The molecule has 7 heteroatoms. The Morgan fingerprint density at radius 1 is 1.35 bits per heavy atom. The van der Waals surface area contributed by atoms with Crippen molar-refractivity contribution in [2.75, 3.05) is 0 Å². The van der Waals surface area contributed by atoms with E-state index in [0.29, 0.717) is 5.56 Å². The fourth-order valence-electron chi connectivity index (χ4n) is 2.55. The van der Waals surface area contributed by atoms with E-state index in [0.717, 1.165) is 4.90 Å². The number of aromatic carboxylic acids is 1. The molecule has 1 aliphatic rings. The van der Waals surface area contributed by atoms with E-state index >= 15 is 0 Å². The van der Waals surface area contributed by atoms with Crippen LogP contribution < -0.4 is 5.32 Å². The maximum absolute atomic E-state index is 12.1. The van der Waals surface area contributed by atoms with E-state index < -0.39 is 23.8 Å². The molecule has 2 rings (SSSR count). The third-order valence-electron chi connectivity index (χ3n) is 3.57. The van der Waals surface area contributed by atoms with Gasteiger partial charge in [-0.3, -0.25) is 19.3 Å². The molecule has 1 atom stereocenters. The number of carbonyl (C=O) groups excluding carboxylic acids is 3. The summed E-state index contributed by atoms with van der Waals surface area (Å²) in [6, 6.07) is 4.93. The number of rotatable bonds is 5. The van der Waals surface area contributed by atoms with Crippen LogP contribution in [0, 0.1) is 0 Å². The Bertz CT molecular complexity index is 668. The molecule has 0 radical (unpaired) electrons. The van der Waals surface area contributed by atoms with Crippen molar-refractivity contribution in [3.05, 3.63) is 35.4 Å². The van der Waals surface area contributed by atoms with Crippen molar-refractivity contribution in [2.45, 2.75) is 38.8 Å². The number of nitrogens with one attached hydrogen (secondary N) is 1. The average molecular weight is 318 g/mol. The van der Waals surface area contributed by atoms with Crippen LogP contribution >= 0.6 is 0 Å². The zero-order valence-electron chi connectivity index (χ0n) is 12.9. The van der Waals surface area contributed by atoms with Crippen molar-refractivity contribution in [3.8, 4) is 0 Å². The van der Waals surface area contributed by atoms with Crippen LogP contribution in [0.25, 0.3) is 0 Å². The van der Waals surface area contributed by atoms with Crippen LogP contribution in [0.15, 0.2) is 24.3 Å². The summed E-state index contributed by atoms with van der Waals surface area (Å²) < 4.78 is 0. The standard InChI is InChI=1S/C16H18N2O5/c1-9(2)18-14(20)8-12(15(18)21)17-13(19)7-10-4-3-5-11(6-10)16(22)23/h3-6,9,12H,7-8H2,1-2H3,(H,17,19)(H,22,23).